The Labute approximate surface area is 112 Å². The van der Waals surface area contributed by atoms with Crippen LogP contribution in [0.4, 0.5) is 0 Å². The summed E-state index contributed by atoms with van der Waals surface area (Å²) in [5.74, 6) is -1.79. The summed E-state index contributed by atoms with van der Waals surface area (Å²) in [4.78, 5) is 11.3. The van der Waals surface area contributed by atoms with Gasteiger partial charge in [0.1, 0.15) is 5.60 Å². The van der Waals surface area contributed by atoms with E-state index in [-0.39, 0.29) is 0 Å². The molecular formula is C16H18O3. The van der Waals surface area contributed by atoms with Gasteiger partial charge in [-0.25, -0.2) is 0 Å². The largest absolute Gasteiger partial charge is 0.481 e. The topological polar surface area (TPSA) is 57.5 Å². The molecule has 0 amide bonds. The van der Waals surface area contributed by atoms with E-state index in [2.05, 4.69) is 0 Å². The third-order valence-corrected chi connectivity index (χ3v) is 3.72. The maximum atomic E-state index is 11.3. The van der Waals surface area contributed by atoms with Crippen LogP contribution in [0.5, 0.6) is 0 Å². The number of hydrogen-bond acceptors (Lipinski definition) is 2. The van der Waals surface area contributed by atoms with Crippen molar-refractivity contribution >= 4 is 16.7 Å². The molecule has 2 rings (SSSR count). The standard InChI is InChI=1S/C16H18O3/c1-3-13(15(17)18)16(2,19)14-10-6-8-11-7-4-5-9-12(11)14/h4-10,13,19H,3H2,1-2H3,(H,17,18). The van der Waals surface area contributed by atoms with Crippen molar-refractivity contribution in [3.8, 4) is 0 Å². The molecule has 19 heavy (non-hydrogen) atoms. The maximum absolute atomic E-state index is 11.3. The van der Waals surface area contributed by atoms with Gasteiger partial charge in [0.2, 0.25) is 0 Å². The van der Waals surface area contributed by atoms with Crippen LogP contribution < -0.4 is 0 Å². The monoisotopic (exact) mass is 258 g/mol. The molecule has 3 heteroatoms. The summed E-state index contributed by atoms with van der Waals surface area (Å²) in [6, 6.07) is 13.3. The predicted octanol–water partition coefficient (Wildman–Crippen LogP) is 3.16. The lowest BCUT2D eigenvalue weighted by Crippen LogP contribution is -2.37. The van der Waals surface area contributed by atoms with Gasteiger partial charge in [0.05, 0.1) is 5.92 Å². The van der Waals surface area contributed by atoms with Crippen LogP contribution in [0.25, 0.3) is 10.8 Å². The van der Waals surface area contributed by atoms with Gasteiger partial charge >= 0.3 is 5.97 Å². The highest BCUT2D eigenvalue weighted by atomic mass is 16.4. The van der Waals surface area contributed by atoms with Crippen LogP contribution in [0.1, 0.15) is 25.8 Å². The second-order valence-corrected chi connectivity index (χ2v) is 4.97. The van der Waals surface area contributed by atoms with Gasteiger partial charge in [0.15, 0.2) is 0 Å². The Bertz CT molecular complexity index is 596. The van der Waals surface area contributed by atoms with Crippen LogP contribution in [-0.2, 0) is 10.4 Å². The number of aliphatic hydroxyl groups is 1. The summed E-state index contributed by atoms with van der Waals surface area (Å²) in [5, 5.41) is 21.9. The van der Waals surface area contributed by atoms with E-state index in [0.717, 1.165) is 10.8 Å². The van der Waals surface area contributed by atoms with E-state index < -0.39 is 17.5 Å². The average molecular weight is 258 g/mol. The van der Waals surface area contributed by atoms with Crippen molar-refractivity contribution in [2.24, 2.45) is 5.92 Å². The molecule has 2 N–H and O–H groups in total. The summed E-state index contributed by atoms with van der Waals surface area (Å²) in [6.45, 7) is 3.36. The molecule has 0 bridgehead atoms. The number of carbonyl (C=O) groups is 1. The summed E-state index contributed by atoms with van der Waals surface area (Å²) in [5.41, 5.74) is -0.721. The third kappa shape index (κ3) is 2.34. The first kappa shape index (κ1) is 13.6. The van der Waals surface area contributed by atoms with E-state index in [1.807, 2.05) is 36.4 Å². The van der Waals surface area contributed by atoms with Gasteiger partial charge in [-0.1, -0.05) is 49.4 Å². The van der Waals surface area contributed by atoms with Gasteiger partial charge in [-0.05, 0) is 29.7 Å². The molecule has 0 radical (unpaired) electrons. The van der Waals surface area contributed by atoms with Crippen LogP contribution in [0, 0.1) is 5.92 Å². The first-order valence-electron chi connectivity index (χ1n) is 6.42. The number of hydrogen-bond donors (Lipinski definition) is 2. The zero-order valence-corrected chi connectivity index (χ0v) is 11.1. The lowest BCUT2D eigenvalue weighted by atomic mass is 9.79. The van der Waals surface area contributed by atoms with Crippen molar-refractivity contribution in [2.45, 2.75) is 25.9 Å². The van der Waals surface area contributed by atoms with E-state index in [0.29, 0.717) is 12.0 Å². The smallest absolute Gasteiger partial charge is 0.309 e. The van der Waals surface area contributed by atoms with E-state index in [1.165, 1.54) is 0 Å². The average Bonchev–Trinajstić information content (AvgIpc) is 2.38. The number of aliphatic carboxylic acids is 1. The van der Waals surface area contributed by atoms with Crippen LogP contribution >= 0.6 is 0 Å². The second kappa shape index (κ2) is 5.02. The molecule has 2 atom stereocenters. The second-order valence-electron chi connectivity index (χ2n) is 4.97. The molecule has 0 saturated carbocycles. The fraction of sp³-hybridized carbons (Fsp3) is 0.312. The fourth-order valence-electron chi connectivity index (χ4n) is 2.67. The van der Waals surface area contributed by atoms with Crippen LogP contribution in [0.3, 0.4) is 0 Å². The van der Waals surface area contributed by atoms with Crippen molar-refractivity contribution in [1.82, 2.24) is 0 Å². The molecule has 2 aromatic rings. The first-order valence-corrected chi connectivity index (χ1v) is 6.42. The van der Waals surface area contributed by atoms with Crippen molar-refractivity contribution in [2.75, 3.05) is 0 Å². The molecule has 0 saturated heterocycles. The lowest BCUT2D eigenvalue weighted by molar-refractivity contribution is -0.151. The van der Waals surface area contributed by atoms with Gasteiger partial charge < -0.3 is 10.2 Å². The number of benzene rings is 2. The van der Waals surface area contributed by atoms with Gasteiger partial charge in [-0.3, -0.25) is 4.79 Å². The minimum atomic E-state index is -1.39. The molecular weight excluding hydrogens is 240 g/mol. The number of rotatable bonds is 4. The Balaban J connectivity index is 2.63. The van der Waals surface area contributed by atoms with Crippen molar-refractivity contribution in [3.63, 3.8) is 0 Å². The molecule has 2 aromatic carbocycles. The Morgan fingerprint density at radius 2 is 1.84 bits per heavy atom. The molecule has 3 nitrogen and oxygen atoms in total. The van der Waals surface area contributed by atoms with Gasteiger partial charge in [-0.15, -0.1) is 0 Å². The molecule has 100 valence electrons. The van der Waals surface area contributed by atoms with Gasteiger partial charge in [-0.2, -0.15) is 0 Å². The molecule has 0 aliphatic carbocycles. The Kier molecular flexibility index (Phi) is 3.58. The molecule has 0 spiro atoms. The third-order valence-electron chi connectivity index (χ3n) is 3.72. The number of fused-ring (bicyclic) bond motifs is 1. The van der Waals surface area contributed by atoms with Crippen molar-refractivity contribution in [3.05, 3.63) is 48.0 Å². The number of carboxylic acid groups (broad SMARTS) is 1. The first-order chi connectivity index (χ1) is 8.98. The van der Waals surface area contributed by atoms with E-state index in [1.54, 1.807) is 19.9 Å². The molecule has 2 unspecified atom stereocenters. The van der Waals surface area contributed by atoms with Crippen molar-refractivity contribution in [1.29, 1.82) is 0 Å². The van der Waals surface area contributed by atoms with Gasteiger partial charge in [0.25, 0.3) is 0 Å². The van der Waals surface area contributed by atoms with Crippen LogP contribution in [-0.4, -0.2) is 16.2 Å². The maximum Gasteiger partial charge on any atom is 0.309 e. The molecule has 0 fully saturated rings. The summed E-state index contributed by atoms with van der Waals surface area (Å²) in [7, 11) is 0. The minimum absolute atomic E-state index is 0.381. The fourth-order valence-corrected chi connectivity index (χ4v) is 2.67. The normalized spacial score (nSPS) is 15.9. The summed E-state index contributed by atoms with van der Waals surface area (Å²) >= 11 is 0. The Hall–Kier alpha value is -1.87. The number of carboxylic acids is 1. The van der Waals surface area contributed by atoms with E-state index in [9.17, 15) is 15.0 Å². The van der Waals surface area contributed by atoms with E-state index >= 15 is 0 Å². The highest BCUT2D eigenvalue weighted by Crippen LogP contribution is 2.36. The van der Waals surface area contributed by atoms with Crippen molar-refractivity contribution < 1.29 is 15.0 Å². The molecule has 0 aliphatic heterocycles. The minimum Gasteiger partial charge on any atom is -0.481 e. The summed E-state index contributed by atoms with van der Waals surface area (Å²) in [6.07, 6.45) is 0.381. The Morgan fingerprint density at radius 1 is 1.21 bits per heavy atom. The lowest BCUT2D eigenvalue weighted by Gasteiger charge is -2.31. The predicted molar refractivity (Wildman–Crippen MR) is 74.9 cm³/mol. The van der Waals surface area contributed by atoms with Gasteiger partial charge in [0, 0.05) is 0 Å². The molecule has 0 heterocycles. The zero-order valence-electron chi connectivity index (χ0n) is 11.1. The molecule has 0 aliphatic rings. The molecule has 0 aromatic heterocycles. The Morgan fingerprint density at radius 3 is 2.47 bits per heavy atom. The van der Waals surface area contributed by atoms with Crippen LogP contribution in [0.15, 0.2) is 42.5 Å². The SMILES string of the molecule is CCC(C(=O)O)C(C)(O)c1cccc2ccccc12. The highest BCUT2D eigenvalue weighted by Gasteiger charge is 2.38. The quantitative estimate of drug-likeness (QED) is 0.885. The highest BCUT2D eigenvalue weighted by molar-refractivity contribution is 5.87. The van der Waals surface area contributed by atoms with Crippen LogP contribution in [0.2, 0.25) is 0 Å². The van der Waals surface area contributed by atoms with E-state index in [4.69, 9.17) is 0 Å². The zero-order chi connectivity index (χ0) is 14.0. The summed E-state index contributed by atoms with van der Waals surface area (Å²) < 4.78 is 0.